The van der Waals surface area contributed by atoms with Gasteiger partial charge < -0.3 is 20.4 Å². The Morgan fingerprint density at radius 2 is 2.15 bits per heavy atom. The Labute approximate surface area is 156 Å². The van der Waals surface area contributed by atoms with E-state index in [-0.39, 0.29) is 35.0 Å². The van der Waals surface area contributed by atoms with Crippen molar-refractivity contribution < 1.29 is 18.4 Å². The van der Waals surface area contributed by atoms with Gasteiger partial charge >= 0.3 is 0 Å². The molecular weight excluding hydrogens is 361 g/mol. The molecule has 0 radical (unpaired) electrons. The molecule has 0 saturated carbocycles. The molecule has 3 rings (SSSR count). The molecule has 1 unspecified atom stereocenters. The molecule has 140 valence electrons. The molecular formula is C18H21ClFN3O3. The van der Waals surface area contributed by atoms with Crippen molar-refractivity contribution in [1.29, 1.82) is 0 Å². The van der Waals surface area contributed by atoms with Crippen LogP contribution in [0.3, 0.4) is 0 Å². The highest BCUT2D eigenvalue weighted by atomic mass is 35.5. The zero-order valence-corrected chi connectivity index (χ0v) is 15.1. The largest absolute Gasteiger partial charge is 0.472 e. The maximum atomic E-state index is 13.6. The number of benzene rings is 1. The van der Waals surface area contributed by atoms with E-state index in [0.717, 1.165) is 12.5 Å². The fraction of sp³-hybridized carbons (Fsp3) is 0.333. The molecule has 1 aliphatic heterocycles. The first-order valence-corrected chi connectivity index (χ1v) is 8.04. The van der Waals surface area contributed by atoms with Gasteiger partial charge in [0, 0.05) is 13.1 Å². The number of furan rings is 1. The molecule has 1 atom stereocenters. The Morgan fingerprint density at radius 3 is 2.77 bits per heavy atom. The number of likely N-dealkylation sites (tertiary alicyclic amines) is 1. The molecule has 1 aliphatic rings. The number of halogens is 2. The summed E-state index contributed by atoms with van der Waals surface area (Å²) in [6.45, 7) is 3.64. The highest BCUT2D eigenvalue weighted by Crippen LogP contribution is 2.31. The van der Waals surface area contributed by atoms with Crippen molar-refractivity contribution in [3.05, 3.63) is 53.7 Å². The van der Waals surface area contributed by atoms with Crippen molar-refractivity contribution in [2.45, 2.75) is 13.3 Å². The van der Waals surface area contributed by atoms with Crippen molar-refractivity contribution in [2.24, 2.45) is 11.1 Å². The Bertz CT molecular complexity index is 797. The SMILES string of the molecule is CC1(CN)CCN(C(=O)c2ccc(F)cc2NC(=O)c2ccoc2)C1.Cl. The number of hydrogen-bond acceptors (Lipinski definition) is 4. The minimum atomic E-state index is -0.535. The number of amides is 2. The second-order valence-electron chi connectivity index (χ2n) is 6.65. The molecule has 2 heterocycles. The molecule has 0 aliphatic carbocycles. The Balaban J connectivity index is 0.00000243. The van der Waals surface area contributed by atoms with Gasteiger partial charge in [-0.2, -0.15) is 0 Å². The van der Waals surface area contributed by atoms with Crippen LogP contribution in [0.5, 0.6) is 0 Å². The van der Waals surface area contributed by atoms with Crippen LogP contribution < -0.4 is 11.1 Å². The first-order valence-electron chi connectivity index (χ1n) is 8.04. The summed E-state index contributed by atoms with van der Waals surface area (Å²) in [5.74, 6) is -1.26. The average molecular weight is 382 g/mol. The number of nitrogens with two attached hydrogens (primary N) is 1. The van der Waals surface area contributed by atoms with Gasteiger partial charge in [0.1, 0.15) is 12.1 Å². The summed E-state index contributed by atoms with van der Waals surface area (Å²) in [7, 11) is 0. The van der Waals surface area contributed by atoms with Gasteiger partial charge in [-0.15, -0.1) is 12.4 Å². The summed E-state index contributed by atoms with van der Waals surface area (Å²) in [5, 5.41) is 2.58. The summed E-state index contributed by atoms with van der Waals surface area (Å²) in [5.41, 5.74) is 6.35. The maximum absolute atomic E-state index is 13.6. The second-order valence-corrected chi connectivity index (χ2v) is 6.65. The minimum absolute atomic E-state index is 0. The molecule has 0 bridgehead atoms. The molecule has 2 aromatic rings. The predicted octanol–water partition coefficient (Wildman–Crippen LogP) is 2.90. The Morgan fingerprint density at radius 1 is 1.38 bits per heavy atom. The molecule has 3 N–H and O–H groups in total. The standard InChI is InChI=1S/C18H20FN3O3.ClH/c1-18(10-20)5-6-22(11-18)17(24)14-3-2-13(19)8-15(14)21-16(23)12-4-7-25-9-12;/h2-4,7-9H,5-6,10-11,20H2,1H3,(H,21,23);1H. The van der Waals surface area contributed by atoms with E-state index in [2.05, 4.69) is 5.32 Å². The molecule has 1 aromatic carbocycles. The molecule has 26 heavy (non-hydrogen) atoms. The van der Waals surface area contributed by atoms with E-state index in [0.29, 0.717) is 25.2 Å². The van der Waals surface area contributed by atoms with E-state index in [1.807, 2.05) is 6.92 Å². The smallest absolute Gasteiger partial charge is 0.258 e. The summed E-state index contributed by atoms with van der Waals surface area (Å²) in [4.78, 5) is 26.7. The number of nitrogens with one attached hydrogen (secondary N) is 1. The van der Waals surface area contributed by atoms with Crippen molar-refractivity contribution in [3.8, 4) is 0 Å². The van der Waals surface area contributed by atoms with Gasteiger partial charge in [0.2, 0.25) is 0 Å². The highest BCUT2D eigenvalue weighted by Gasteiger charge is 2.35. The fourth-order valence-electron chi connectivity index (χ4n) is 2.93. The molecule has 1 aromatic heterocycles. The lowest BCUT2D eigenvalue weighted by Crippen LogP contribution is -2.35. The van der Waals surface area contributed by atoms with E-state index in [1.165, 1.54) is 30.7 Å². The molecule has 2 amide bonds. The van der Waals surface area contributed by atoms with E-state index >= 15 is 0 Å². The normalized spacial score (nSPS) is 19.1. The molecule has 6 nitrogen and oxygen atoms in total. The van der Waals surface area contributed by atoms with Crippen molar-refractivity contribution in [1.82, 2.24) is 4.90 Å². The van der Waals surface area contributed by atoms with Crippen LogP contribution in [0.25, 0.3) is 0 Å². The zero-order chi connectivity index (χ0) is 18.0. The van der Waals surface area contributed by atoms with Crippen LogP contribution in [0.4, 0.5) is 10.1 Å². The third-order valence-corrected chi connectivity index (χ3v) is 4.58. The van der Waals surface area contributed by atoms with E-state index in [4.69, 9.17) is 10.2 Å². The lowest BCUT2D eigenvalue weighted by Gasteiger charge is -2.23. The maximum Gasteiger partial charge on any atom is 0.258 e. The van der Waals surface area contributed by atoms with E-state index < -0.39 is 11.7 Å². The van der Waals surface area contributed by atoms with Gasteiger partial charge in [-0.25, -0.2) is 4.39 Å². The second kappa shape index (κ2) is 7.88. The van der Waals surface area contributed by atoms with Crippen LogP contribution in [0, 0.1) is 11.2 Å². The van der Waals surface area contributed by atoms with Crippen LogP contribution in [0.15, 0.2) is 41.2 Å². The van der Waals surface area contributed by atoms with E-state index in [1.54, 1.807) is 4.90 Å². The number of hydrogen-bond donors (Lipinski definition) is 2. The fourth-order valence-corrected chi connectivity index (χ4v) is 2.93. The highest BCUT2D eigenvalue weighted by molar-refractivity contribution is 6.08. The number of carbonyl (C=O) groups is 2. The molecule has 0 spiro atoms. The number of rotatable bonds is 4. The number of carbonyl (C=O) groups excluding carboxylic acids is 2. The third kappa shape index (κ3) is 4.05. The molecule has 1 fully saturated rings. The lowest BCUT2D eigenvalue weighted by atomic mass is 9.90. The summed E-state index contributed by atoms with van der Waals surface area (Å²) in [6.07, 6.45) is 3.46. The zero-order valence-electron chi connectivity index (χ0n) is 14.3. The van der Waals surface area contributed by atoms with Crippen molar-refractivity contribution >= 4 is 29.9 Å². The lowest BCUT2D eigenvalue weighted by molar-refractivity contribution is 0.0778. The topological polar surface area (TPSA) is 88.6 Å². The first kappa shape index (κ1) is 19.9. The van der Waals surface area contributed by atoms with Gasteiger partial charge in [-0.3, -0.25) is 9.59 Å². The predicted molar refractivity (Wildman–Crippen MR) is 98.0 cm³/mol. The van der Waals surface area contributed by atoms with Gasteiger partial charge in [-0.05, 0) is 42.6 Å². The minimum Gasteiger partial charge on any atom is -0.472 e. The van der Waals surface area contributed by atoms with Crippen LogP contribution in [-0.2, 0) is 0 Å². The monoisotopic (exact) mass is 381 g/mol. The summed E-state index contributed by atoms with van der Waals surface area (Å²) in [6, 6.07) is 5.23. The average Bonchev–Trinajstić information content (AvgIpc) is 3.25. The van der Waals surface area contributed by atoms with Crippen LogP contribution >= 0.6 is 12.4 Å². The number of nitrogens with zero attached hydrogens (tertiary/aromatic N) is 1. The third-order valence-electron chi connectivity index (χ3n) is 4.58. The van der Waals surface area contributed by atoms with Crippen LogP contribution in [-0.4, -0.2) is 36.3 Å². The van der Waals surface area contributed by atoms with Gasteiger partial charge in [0.25, 0.3) is 11.8 Å². The van der Waals surface area contributed by atoms with Crippen molar-refractivity contribution in [3.63, 3.8) is 0 Å². The van der Waals surface area contributed by atoms with Gasteiger partial charge in [0.05, 0.1) is 23.1 Å². The van der Waals surface area contributed by atoms with Crippen molar-refractivity contribution in [2.75, 3.05) is 25.0 Å². The Hall–Kier alpha value is -2.38. The molecule has 1 saturated heterocycles. The quantitative estimate of drug-likeness (QED) is 0.852. The van der Waals surface area contributed by atoms with Gasteiger partial charge in [0.15, 0.2) is 0 Å². The Kier molecular flexibility index (Phi) is 6.05. The van der Waals surface area contributed by atoms with E-state index in [9.17, 15) is 14.0 Å². The summed E-state index contributed by atoms with van der Waals surface area (Å²) < 4.78 is 18.5. The number of anilines is 1. The molecule has 8 heteroatoms. The first-order chi connectivity index (χ1) is 11.9. The van der Waals surface area contributed by atoms with Gasteiger partial charge in [-0.1, -0.05) is 6.92 Å². The van der Waals surface area contributed by atoms with Crippen LogP contribution in [0.2, 0.25) is 0 Å². The summed E-state index contributed by atoms with van der Waals surface area (Å²) >= 11 is 0. The van der Waals surface area contributed by atoms with Crippen LogP contribution in [0.1, 0.15) is 34.1 Å².